The summed E-state index contributed by atoms with van der Waals surface area (Å²) in [6.07, 6.45) is -2.52. The van der Waals surface area contributed by atoms with Gasteiger partial charge >= 0.3 is 6.18 Å². The molecule has 2 rings (SSSR count). The molecule has 0 aliphatic carbocycles. The third kappa shape index (κ3) is 3.59. The van der Waals surface area contributed by atoms with Crippen LogP contribution in [-0.2, 0) is 17.5 Å². The zero-order valence-electron chi connectivity index (χ0n) is 11.9. The smallest absolute Gasteiger partial charge is 0.341 e. The Morgan fingerprint density at radius 3 is 2.67 bits per heavy atom. The van der Waals surface area contributed by atoms with Crippen LogP contribution in [0.15, 0.2) is 4.47 Å². The standard InChI is InChI=1S/C13H17BrF3N3O/c1-8-4-3-5-19(6-8)10(21)7-20-9(2)11(14)12(18-20)13(15,16)17/h8H,3-7H2,1-2H3/t8-/m0/s1. The molecule has 1 saturated heterocycles. The molecule has 0 saturated carbocycles. The largest absolute Gasteiger partial charge is 0.436 e. The van der Waals surface area contributed by atoms with Crippen molar-refractivity contribution >= 4 is 21.8 Å². The second-order valence-corrected chi connectivity index (χ2v) is 6.28. The minimum atomic E-state index is -4.53. The van der Waals surface area contributed by atoms with Gasteiger partial charge in [-0.25, -0.2) is 0 Å². The lowest BCUT2D eigenvalue weighted by Crippen LogP contribution is -2.41. The van der Waals surface area contributed by atoms with Crippen LogP contribution in [0.1, 0.15) is 31.2 Å². The van der Waals surface area contributed by atoms with E-state index in [1.807, 2.05) is 0 Å². The van der Waals surface area contributed by atoms with Gasteiger partial charge in [-0.3, -0.25) is 9.48 Å². The van der Waals surface area contributed by atoms with E-state index in [9.17, 15) is 18.0 Å². The number of nitrogens with zero attached hydrogens (tertiary/aromatic N) is 3. The maximum Gasteiger partial charge on any atom is 0.436 e. The Kier molecular flexibility index (Phi) is 4.65. The second-order valence-electron chi connectivity index (χ2n) is 5.49. The van der Waals surface area contributed by atoms with Crippen molar-refractivity contribution in [1.82, 2.24) is 14.7 Å². The van der Waals surface area contributed by atoms with Crippen molar-refractivity contribution in [2.24, 2.45) is 5.92 Å². The normalized spacial score (nSPS) is 19.9. The summed E-state index contributed by atoms with van der Waals surface area (Å²) in [7, 11) is 0. The van der Waals surface area contributed by atoms with Crippen molar-refractivity contribution in [1.29, 1.82) is 0 Å². The Balaban J connectivity index is 2.14. The van der Waals surface area contributed by atoms with E-state index in [1.165, 1.54) is 6.92 Å². The highest BCUT2D eigenvalue weighted by atomic mass is 79.9. The third-order valence-corrected chi connectivity index (χ3v) is 4.65. The van der Waals surface area contributed by atoms with Gasteiger partial charge < -0.3 is 4.90 Å². The molecule has 1 aliphatic heterocycles. The van der Waals surface area contributed by atoms with Crippen LogP contribution in [0.2, 0.25) is 0 Å². The average molecular weight is 368 g/mol. The van der Waals surface area contributed by atoms with Crippen LogP contribution in [0.5, 0.6) is 0 Å². The van der Waals surface area contributed by atoms with Gasteiger partial charge in [0.1, 0.15) is 6.54 Å². The molecule has 21 heavy (non-hydrogen) atoms. The highest BCUT2D eigenvalue weighted by molar-refractivity contribution is 9.10. The Labute approximate surface area is 129 Å². The Morgan fingerprint density at radius 1 is 1.48 bits per heavy atom. The van der Waals surface area contributed by atoms with E-state index < -0.39 is 11.9 Å². The minimum absolute atomic E-state index is 0.102. The van der Waals surface area contributed by atoms with Gasteiger partial charge in [0.2, 0.25) is 5.91 Å². The number of likely N-dealkylation sites (tertiary alicyclic amines) is 1. The van der Waals surface area contributed by atoms with Crippen LogP contribution in [-0.4, -0.2) is 33.7 Å². The number of hydrogen-bond donors (Lipinski definition) is 0. The molecule has 1 aromatic heterocycles. The summed E-state index contributed by atoms with van der Waals surface area (Å²) in [5.41, 5.74) is -0.680. The van der Waals surface area contributed by atoms with Gasteiger partial charge in [-0.05, 0) is 41.6 Å². The quantitative estimate of drug-likeness (QED) is 0.804. The van der Waals surface area contributed by atoms with E-state index in [0.29, 0.717) is 24.7 Å². The molecule has 0 bridgehead atoms. The molecule has 118 valence electrons. The van der Waals surface area contributed by atoms with E-state index in [0.717, 1.165) is 17.5 Å². The Bertz CT molecular complexity index is 541. The summed E-state index contributed by atoms with van der Waals surface area (Å²) in [4.78, 5) is 13.9. The van der Waals surface area contributed by atoms with Crippen molar-refractivity contribution in [3.05, 3.63) is 15.9 Å². The fraction of sp³-hybridized carbons (Fsp3) is 0.692. The molecule has 1 aliphatic rings. The first-order valence-electron chi connectivity index (χ1n) is 6.78. The third-order valence-electron chi connectivity index (χ3n) is 3.70. The van der Waals surface area contributed by atoms with Gasteiger partial charge in [0.25, 0.3) is 0 Å². The van der Waals surface area contributed by atoms with E-state index in [1.54, 1.807) is 4.90 Å². The maximum absolute atomic E-state index is 12.8. The molecule has 1 fully saturated rings. The predicted molar refractivity (Wildman–Crippen MR) is 74.6 cm³/mol. The number of hydrogen-bond acceptors (Lipinski definition) is 2. The monoisotopic (exact) mass is 367 g/mol. The fourth-order valence-electron chi connectivity index (χ4n) is 2.50. The molecule has 0 radical (unpaired) electrons. The van der Waals surface area contributed by atoms with Crippen LogP contribution >= 0.6 is 15.9 Å². The van der Waals surface area contributed by atoms with Gasteiger partial charge in [-0.1, -0.05) is 6.92 Å². The van der Waals surface area contributed by atoms with Crippen molar-refractivity contribution in [3.8, 4) is 0 Å². The number of alkyl halides is 3. The minimum Gasteiger partial charge on any atom is -0.341 e. The van der Waals surface area contributed by atoms with Crippen LogP contribution in [0.25, 0.3) is 0 Å². The van der Waals surface area contributed by atoms with Crippen LogP contribution < -0.4 is 0 Å². The van der Waals surface area contributed by atoms with Gasteiger partial charge in [0, 0.05) is 13.1 Å². The van der Waals surface area contributed by atoms with Crippen molar-refractivity contribution in [2.45, 2.75) is 39.4 Å². The maximum atomic E-state index is 12.8. The zero-order valence-corrected chi connectivity index (χ0v) is 13.5. The van der Waals surface area contributed by atoms with Crippen LogP contribution in [0.3, 0.4) is 0 Å². The number of halogens is 4. The molecule has 4 nitrogen and oxygen atoms in total. The molecule has 0 unspecified atom stereocenters. The molecular formula is C13H17BrF3N3O. The zero-order chi connectivity index (χ0) is 15.8. The lowest BCUT2D eigenvalue weighted by atomic mass is 10.0. The summed E-state index contributed by atoms with van der Waals surface area (Å²) in [6, 6.07) is 0. The van der Waals surface area contributed by atoms with Gasteiger partial charge in [0.05, 0.1) is 10.2 Å². The number of amides is 1. The summed E-state index contributed by atoms with van der Waals surface area (Å²) >= 11 is 2.90. The average Bonchev–Trinajstić information content (AvgIpc) is 2.67. The van der Waals surface area contributed by atoms with E-state index >= 15 is 0 Å². The molecule has 1 atom stereocenters. The van der Waals surface area contributed by atoms with Crippen molar-refractivity contribution in [3.63, 3.8) is 0 Å². The molecule has 2 heterocycles. The Morgan fingerprint density at radius 2 is 2.14 bits per heavy atom. The second kappa shape index (κ2) is 5.98. The van der Waals surface area contributed by atoms with Crippen LogP contribution in [0, 0.1) is 12.8 Å². The molecule has 0 spiro atoms. The van der Waals surface area contributed by atoms with Gasteiger partial charge in [0.15, 0.2) is 5.69 Å². The fourth-order valence-corrected chi connectivity index (χ4v) is 3.01. The predicted octanol–water partition coefficient (Wildman–Crippen LogP) is 3.23. The number of rotatable bonds is 2. The number of carbonyl (C=O) groups is 1. The first kappa shape index (κ1) is 16.3. The van der Waals surface area contributed by atoms with E-state index in [4.69, 9.17) is 0 Å². The molecule has 0 aromatic carbocycles. The van der Waals surface area contributed by atoms with Crippen molar-refractivity contribution < 1.29 is 18.0 Å². The number of aromatic nitrogens is 2. The van der Waals surface area contributed by atoms with Gasteiger partial charge in [-0.2, -0.15) is 18.3 Å². The summed E-state index contributed by atoms with van der Waals surface area (Å²) in [6.45, 7) is 4.74. The summed E-state index contributed by atoms with van der Waals surface area (Å²) < 4.78 is 39.4. The molecule has 0 N–H and O–H groups in total. The highest BCUT2D eigenvalue weighted by Crippen LogP contribution is 2.35. The Hall–Kier alpha value is -1.05. The number of piperidine rings is 1. The van der Waals surface area contributed by atoms with Crippen molar-refractivity contribution in [2.75, 3.05) is 13.1 Å². The number of carbonyl (C=O) groups excluding carboxylic acids is 1. The van der Waals surface area contributed by atoms with E-state index in [2.05, 4.69) is 28.0 Å². The molecule has 1 amide bonds. The SMILES string of the molecule is Cc1c(Br)c(C(F)(F)F)nn1CC(=O)N1CCC[C@H](C)C1. The first-order valence-corrected chi connectivity index (χ1v) is 7.57. The lowest BCUT2D eigenvalue weighted by Gasteiger charge is -2.31. The molecule has 8 heteroatoms. The molecular weight excluding hydrogens is 351 g/mol. The molecule has 1 aromatic rings. The first-order chi connectivity index (χ1) is 9.70. The van der Waals surface area contributed by atoms with E-state index in [-0.39, 0.29) is 16.9 Å². The summed E-state index contributed by atoms with van der Waals surface area (Å²) in [5, 5.41) is 3.53. The van der Waals surface area contributed by atoms with Crippen LogP contribution in [0.4, 0.5) is 13.2 Å². The summed E-state index contributed by atoms with van der Waals surface area (Å²) in [5.74, 6) is 0.243. The highest BCUT2D eigenvalue weighted by Gasteiger charge is 2.38. The topological polar surface area (TPSA) is 38.1 Å². The lowest BCUT2D eigenvalue weighted by molar-refractivity contribution is -0.142. The van der Waals surface area contributed by atoms with Gasteiger partial charge in [-0.15, -0.1) is 0 Å².